The standard InChI is InChI=1S/C23H29FN4OS/c1-18(2)26(3)30(29)14-12-27(13-15-30)22-8-4-19(5-9-22)20-16-25-28(17-20)23-10-6-21(24)7-11-23/h4-11,16-18,30H,12-15H2,1-3H3. The van der Waals surface area contributed by atoms with E-state index in [1.165, 1.54) is 12.1 Å². The van der Waals surface area contributed by atoms with Gasteiger partial charge in [0.25, 0.3) is 0 Å². The third kappa shape index (κ3) is 4.18. The van der Waals surface area contributed by atoms with Crippen molar-refractivity contribution < 1.29 is 8.60 Å². The van der Waals surface area contributed by atoms with E-state index in [0.717, 1.165) is 47.1 Å². The van der Waals surface area contributed by atoms with E-state index in [0.29, 0.717) is 6.04 Å². The molecule has 0 unspecified atom stereocenters. The third-order valence-electron chi connectivity index (χ3n) is 6.00. The van der Waals surface area contributed by atoms with E-state index in [4.69, 9.17) is 0 Å². The van der Waals surface area contributed by atoms with Crippen LogP contribution in [0.3, 0.4) is 0 Å². The van der Waals surface area contributed by atoms with Crippen LogP contribution in [0.5, 0.6) is 0 Å². The fourth-order valence-electron chi connectivity index (χ4n) is 3.84. The molecule has 4 rings (SSSR count). The minimum Gasteiger partial charge on any atom is -0.370 e. The molecule has 1 aliphatic rings. The Kier molecular flexibility index (Phi) is 5.75. The lowest BCUT2D eigenvalue weighted by Crippen LogP contribution is -2.52. The average Bonchev–Trinajstić information content (AvgIpc) is 3.24. The highest BCUT2D eigenvalue weighted by atomic mass is 32.3. The van der Waals surface area contributed by atoms with Gasteiger partial charge in [0, 0.05) is 48.1 Å². The molecule has 160 valence electrons. The summed E-state index contributed by atoms with van der Waals surface area (Å²) in [5.41, 5.74) is 4.06. The summed E-state index contributed by atoms with van der Waals surface area (Å²) in [7, 11) is -0.260. The fourth-order valence-corrected chi connectivity index (χ4v) is 6.65. The van der Waals surface area contributed by atoms with Crippen molar-refractivity contribution in [3.63, 3.8) is 0 Å². The van der Waals surface area contributed by atoms with Crippen LogP contribution in [0.1, 0.15) is 13.8 Å². The summed E-state index contributed by atoms with van der Waals surface area (Å²) < 4.78 is 30.1. The Morgan fingerprint density at radius 2 is 1.57 bits per heavy atom. The van der Waals surface area contributed by atoms with E-state index in [1.54, 1.807) is 16.8 Å². The minimum absolute atomic E-state index is 0.258. The molecule has 0 spiro atoms. The van der Waals surface area contributed by atoms with Gasteiger partial charge < -0.3 is 4.90 Å². The Balaban J connectivity index is 1.44. The molecule has 0 atom stereocenters. The molecule has 1 fully saturated rings. The molecule has 5 nitrogen and oxygen atoms in total. The zero-order valence-corrected chi connectivity index (χ0v) is 18.6. The van der Waals surface area contributed by atoms with Gasteiger partial charge in [0.2, 0.25) is 0 Å². The number of nitrogens with zero attached hydrogens (tertiary/aromatic N) is 4. The predicted octanol–water partition coefficient (Wildman–Crippen LogP) is 3.77. The second kappa shape index (κ2) is 8.32. The molecule has 1 aliphatic heterocycles. The molecule has 1 saturated heterocycles. The Hall–Kier alpha value is -2.51. The van der Waals surface area contributed by atoms with Crippen LogP contribution in [-0.4, -0.2) is 56.0 Å². The van der Waals surface area contributed by atoms with Crippen LogP contribution in [0, 0.1) is 5.82 Å². The lowest BCUT2D eigenvalue weighted by molar-refractivity contribution is 0.429. The Labute approximate surface area is 178 Å². The smallest absolute Gasteiger partial charge is 0.123 e. The largest absolute Gasteiger partial charge is 0.370 e. The van der Waals surface area contributed by atoms with Gasteiger partial charge in [0.05, 0.1) is 11.9 Å². The first-order chi connectivity index (χ1) is 14.4. The molecule has 0 amide bonds. The average molecular weight is 429 g/mol. The summed E-state index contributed by atoms with van der Waals surface area (Å²) in [6, 6.07) is 15.0. The number of anilines is 1. The summed E-state index contributed by atoms with van der Waals surface area (Å²) in [6.45, 7) is 5.83. The predicted molar refractivity (Wildman–Crippen MR) is 123 cm³/mol. The quantitative estimate of drug-likeness (QED) is 0.629. The number of hydrogen-bond acceptors (Lipinski definition) is 3. The number of benzene rings is 2. The molecule has 0 aliphatic carbocycles. The third-order valence-corrected chi connectivity index (χ3v) is 9.41. The molecule has 30 heavy (non-hydrogen) atoms. The number of halogens is 1. The number of aromatic nitrogens is 2. The van der Waals surface area contributed by atoms with Crippen molar-refractivity contribution >= 4 is 15.8 Å². The van der Waals surface area contributed by atoms with Crippen LogP contribution >= 0.6 is 0 Å². The highest BCUT2D eigenvalue weighted by molar-refractivity contribution is 8.00. The monoisotopic (exact) mass is 428 g/mol. The maximum Gasteiger partial charge on any atom is 0.123 e. The Bertz CT molecular complexity index is 1030. The summed E-state index contributed by atoms with van der Waals surface area (Å²) >= 11 is 0. The zero-order valence-electron chi connectivity index (χ0n) is 17.7. The first-order valence-corrected chi connectivity index (χ1v) is 12.4. The van der Waals surface area contributed by atoms with Gasteiger partial charge in [-0.05, 0) is 62.9 Å². The van der Waals surface area contributed by atoms with Gasteiger partial charge in [0.1, 0.15) is 5.82 Å². The highest BCUT2D eigenvalue weighted by Crippen LogP contribution is 2.26. The second-order valence-electron chi connectivity index (χ2n) is 8.14. The normalized spacial score (nSPS) is 17.5. The van der Waals surface area contributed by atoms with Crippen molar-refractivity contribution in [3.8, 4) is 16.8 Å². The van der Waals surface area contributed by atoms with Crippen LogP contribution in [0.2, 0.25) is 0 Å². The van der Waals surface area contributed by atoms with E-state index in [2.05, 4.69) is 52.4 Å². The molecule has 2 heterocycles. The van der Waals surface area contributed by atoms with Crippen LogP contribution in [0.15, 0.2) is 60.9 Å². The van der Waals surface area contributed by atoms with Gasteiger partial charge in [-0.3, -0.25) is 4.21 Å². The molecular formula is C23H29FN4OS. The van der Waals surface area contributed by atoms with Gasteiger partial charge >= 0.3 is 0 Å². The first kappa shape index (κ1) is 20.8. The summed E-state index contributed by atoms with van der Waals surface area (Å²) in [5.74, 6) is 1.20. The van der Waals surface area contributed by atoms with E-state index in [-0.39, 0.29) is 5.82 Å². The number of thiol groups is 1. The van der Waals surface area contributed by atoms with E-state index in [1.807, 2.05) is 19.4 Å². The molecule has 0 N–H and O–H groups in total. The second-order valence-corrected chi connectivity index (χ2v) is 11.4. The fraction of sp³-hybridized carbons (Fsp3) is 0.348. The maximum absolute atomic E-state index is 13.2. The SMILES string of the molecule is CC(C)N(C)[SH]1(=O)CCN(c2ccc(-c3cnn(-c4ccc(F)cc4)c3)cc2)CC1. The summed E-state index contributed by atoms with van der Waals surface area (Å²) in [5, 5.41) is 4.40. The van der Waals surface area contributed by atoms with Crippen molar-refractivity contribution in [1.29, 1.82) is 0 Å². The summed E-state index contributed by atoms with van der Waals surface area (Å²) in [4.78, 5) is 2.32. The van der Waals surface area contributed by atoms with Crippen molar-refractivity contribution in [2.45, 2.75) is 19.9 Å². The van der Waals surface area contributed by atoms with Gasteiger partial charge in [-0.15, -0.1) is 0 Å². The lowest BCUT2D eigenvalue weighted by atomic mass is 10.1. The van der Waals surface area contributed by atoms with Crippen LogP contribution < -0.4 is 4.90 Å². The van der Waals surface area contributed by atoms with Gasteiger partial charge in [-0.1, -0.05) is 22.3 Å². The summed E-state index contributed by atoms with van der Waals surface area (Å²) in [6.07, 6.45) is 3.76. The molecule has 2 aromatic carbocycles. The minimum atomic E-state index is -2.25. The van der Waals surface area contributed by atoms with Crippen molar-refractivity contribution in [3.05, 3.63) is 66.7 Å². The van der Waals surface area contributed by atoms with Crippen LogP contribution in [0.4, 0.5) is 10.1 Å². The van der Waals surface area contributed by atoms with Gasteiger partial charge in [-0.2, -0.15) is 5.10 Å². The molecular weight excluding hydrogens is 399 g/mol. The topological polar surface area (TPSA) is 41.4 Å². The molecule has 3 aromatic rings. The number of rotatable bonds is 5. The van der Waals surface area contributed by atoms with Gasteiger partial charge in [0.15, 0.2) is 0 Å². The Morgan fingerprint density at radius 1 is 0.967 bits per heavy atom. The van der Waals surface area contributed by atoms with Crippen molar-refractivity contribution in [2.75, 3.05) is 36.5 Å². The molecule has 7 heteroatoms. The van der Waals surface area contributed by atoms with Crippen LogP contribution in [-0.2, 0) is 10.1 Å². The first-order valence-electron chi connectivity index (χ1n) is 10.3. The van der Waals surface area contributed by atoms with Gasteiger partial charge in [-0.25, -0.2) is 13.4 Å². The van der Waals surface area contributed by atoms with E-state index < -0.39 is 10.1 Å². The lowest BCUT2D eigenvalue weighted by Gasteiger charge is -2.43. The Morgan fingerprint density at radius 3 is 2.17 bits per heavy atom. The number of hydrogen-bond donors (Lipinski definition) is 1. The van der Waals surface area contributed by atoms with E-state index in [9.17, 15) is 8.60 Å². The molecule has 0 bridgehead atoms. The molecule has 0 saturated carbocycles. The highest BCUT2D eigenvalue weighted by Gasteiger charge is 2.28. The maximum atomic E-state index is 13.2. The van der Waals surface area contributed by atoms with E-state index >= 15 is 0 Å². The van der Waals surface area contributed by atoms with Crippen molar-refractivity contribution in [2.24, 2.45) is 0 Å². The molecule has 1 aromatic heterocycles. The van der Waals surface area contributed by atoms with Crippen LogP contribution in [0.25, 0.3) is 16.8 Å². The zero-order chi connectivity index (χ0) is 21.3. The molecule has 0 radical (unpaired) electrons. The van der Waals surface area contributed by atoms with Crippen molar-refractivity contribution in [1.82, 2.24) is 14.1 Å².